The molecule has 0 amide bonds. The molecule has 0 saturated carbocycles. The van der Waals surface area contributed by atoms with Gasteiger partial charge < -0.3 is 4.74 Å². The van der Waals surface area contributed by atoms with Gasteiger partial charge in [-0.05, 0) is 29.3 Å². The molecule has 3 aromatic rings. The Hall–Kier alpha value is -2.72. The van der Waals surface area contributed by atoms with Gasteiger partial charge in [0.25, 0.3) is 0 Å². The van der Waals surface area contributed by atoms with Crippen molar-refractivity contribution >= 4 is 27.7 Å². The van der Waals surface area contributed by atoms with E-state index in [4.69, 9.17) is 4.74 Å². The predicted molar refractivity (Wildman–Crippen MR) is 101 cm³/mol. The number of rotatable bonds is 5. The maximum atomic E-state index is 12.4. The maximum absolute atomic E-state index is 12.4. The summed E-state index contributed by atoms with van der Waals surface area (Å²) >= 11 is 3.32. The molecule has 4 heteroatoms. The number of hydrogen-bond acceptors (Lipinski definition) is 3. The molecule has 0 aromatic heterocycles. The Bertz CT molecular complexity index is 887. The van der Waals surface area contributed by atoms with E-state index in [0.29, 0.717) is 11.1 Å². The third-order valence-electron chi connectivity index (χ3n) is 3.73. The Kier molecular flexibility index (Phi) is 5.41. The first-order chi connectivity index (χ1) is 12.1. The number of ketones is 1. The number of benzene rings is 3. The average molecular weight is 395 g/mol. The van der Waals surface area contributed by atoms with E-state index < -0.39 is 5.97 Å². The van der Waals surface area contributed by atoms with Gasteiger partial charge in [-0.25, -0.2) is 4.79 Å². The Balaban J connectivity index is 1.74. The van der Waals surface area contributed by atoms with Gasteiger partial charge in [0.1, 0.15) is 0 Å². The maximum Gasteiger partial charge on any atom is 0.339 e. The molecule has 0 heterocycles. The van der Waals surface area contributed by atoms with E-state index in [2.05, 4.69) is 15.9 Å². The van der Waals surface area contributed by atoms with Crippen molar-refractivity contribution in [2.24, 2.45) is 0 Å². The van der Waals surface area contributed by atoms with Crippen LogP contribution in [0.25, 0.3) is 11.1 Å². The highest BCUT2D eigenvalue weighted by molar-refractivity contribution is 9.10. The highest BCUT2D eigenvalue weighted by Gasteiger charge is 2.15. The second-order valence-corrected chi connectivity index (χ2v) is 6.33. The van der Waals surface area contributed by atoms with E-state index in [1.54, 1.807) is 36.4 Å². The number of halogens is 1. The summed E-state index contributed by atoms with van der Waals surface area (Å²) in [7, 11) is 0. The van der Waals surface area contributed by atoms with Crippen LogP contribution in [0, 0.1) is 0 Å². The number of ether oxygens (including phenoxy) is 1. The second-order valence-electron chi connectivity index (χ2n) is 5.42. The van der Waals surface area contributed by atoms with Gasteiger partial charge in [0.15, 0.2) is 12.4 Å². The summed E-state index contributed by atoms with van der Waals surface area (Å²) in [6.45, 7) is -0.288. The van der Waals surface area contributed by atoms with Gasteiger partial charge in [0.2, 0.25) is 0 Å². The van der Waals surface area contributed by atoms with Gasteiger partial charge in [-0.1, -0.05) is 76.6 Å². The lowest BCUT2D eigenvalue weighted by atomic mass is 10.00. The molecule has 124 valence electrons. The lowest BCUT2D eigenvalue weighted by Gasteiger charge is -2.09. The van der Waals surface area contributed by atoms with Crippen molar-refractivity contribution in [3.8, 4) is 11.1 Å². The Morgan fingerprint density at radius 3 is 2.16 bits per heavy atom. The Labute approximate surface area is 154 Å². The molecule has 0 atom stereocenters. The summed E-state index contributed by atoms with van der Waals surface area (Å²) in [4.78, 5) is 24.6. The quantitative estimate of drug-likeness (QED) is 0.443. The summed E-state index contributed by atoms with van der Waals surface area (Å²) in [6.07, 6.45) is 0. The fourth-order valence-corrected chi connectivity index (χ4v) is 2.72. The highest BCUT2D eigenvalue weighted by atomic mass is 79.9. The lowest BCUT2D eigenvalue weighted by molar-refractivity contribution is 0.0475. The first kappa shape index (κ1) is 17.1. The van der Waals surface area contributed by atoms with E-state index in [0.717, 1.165) is 15.6 Å². The monoisotopic (exact) mass is 394 g/mol. The third-order valence-corrected chi connectivity index (χ3v) is 4.26. The molecule has 0 aliphatic rings. The number of hydrogen-bond donors (Lipinski definition) is 0. The molecule has 0 saturated heterocycles. The zero-order valence-corrected chi connectivity index (χ0v) is 14.9. The smallest absolute Gasteiger partial charge is 0.339 e. The first-order valence-electron chi connectivity index (χ1n) is 7.75. The molecule has 0 aliphatic carbocycles. The van der Waals surface area contributed by atoms with Crippen LogP contribution in [0.15, 0.2) is 83.3 Å². The number of carbonyl (C=O) groups is 2. The van der Waals surface area contributed by atoms with Crippen LogP contribution in [-0.2, 0) is 4.74 Å². The van der Waals surface area contributed by atoms with Crippen molar-refractivity contribution in [3.05, 3.63) is 94.5 Å². The molecule has 3 aromatic carbocycles. The lowest BCUT2D eigenvalue weighted by Crippen LogP contribution is -2.15. The molecule has 3 nitrogen and oxygen atoms in total. The molecule has 0 unspecified atom stereocenters. The second kappa shape index (κ2) is 7.90. The van der Waals surface area contributed by atoms with Crippen molar-refractivity contribution in [3.63, 3.8) is 0 Å². The summed E-state index contributed by atoms with van der Waals surface area (Å²) in [5.41, 5.74) is 2.66. The predicted octanol–water partition coefficient (Wildman–Crippen LogP) is 5.16. The van der Waals surface area contributed by atoms with Crippen LogP contribution in [0.2, 0.25) is 0 Å². The van der Waals surface area contributed by atoms with E-state index in [1.165, 1.54) is 0 Å². The van der Waals surface area contributed by atoms with Crippen LogP contribution in [0.4, 0.5) is 0 Å². The van der Waals surface area contributed by atoms with Crippen LogP contribution < -0.4 is 0 Å². The molecule has 0 N–H and O–H groups in total. The van der Waals surface area contributed by atoms with Gasteiger partial charge in [-0.2, -0.15) is 0 Å². The third kappa shape index (κ3) is 4.22. The Morgan fingerprint density at radius 1 is 0.800 bits per heavy atom. The minimum atomic E-state index is -0.509. The van der Waals surface area contributed by atoms with Crippen molar-refractivity contribution in [2.45, 2.75) is 0 Å². The van der Waals surface area contributed by atoms with Crippen LogP contribution in [-0.4, -0.2) is 18.4 Å². The van der Waals surface area contributed by atoms with E-state index >= 15 is 0 Å². The number of esters is 1. The molecule has 0 spiro atoms. The molecule has 0 bridgehead atoms. The van der Waals surface area contributed by atoms with E-state index in [1.807, 2.05) is 42.5 Å². The summed E-state index contributed by atoms with van der Waals surface area (Å²) in [5, 5.41) is 0. The van der Waals surface area contributed by atoms with Gasteiger partial charge in [-0.15, -0.1) is 0 Å². The van der Waals surface area contributed by atoms with Gasteiger partial charge in [0, 0.05) is 10.0 Å². The topological polar surface area (TPSA) is 43.4 Å². The van der Waals surface area contributed by atoms with Crippen molar-refractivity contribution in [2.75, 3.05) is 6.61 Å². The van der Waals surface area contributed by atoms with E-state index in [9.17, 15) is 9.59 Å². The standard InChI is InChI=1S/C21H15BrO3/c22-17-12-10-16(11-13-17)20(23)14-25-21(24)19-9-5-4-8-18(19)15-6-2-1-3-7-15/h1-13H,14H2. The van der Waals surface area contributed by atoms with Gasteiger partial charge >= 0.3 is 5.97 Å². The zero-order valence-electron chi connectivity index (χ0n) is 13.3. The highest BCUT2D eigenvalue weighted by Crippen LogP contribution is 2.24. The first-order valence-corrected chi connectivity index (χ1v) is 8.55. The summed E-state index contributed by atoms with van der Waals surface area (Å²) in [6, 6.07) is 23.8. The Morgan fingerprint density at radius 2 is 1.44 bits per heavy atom. The molecule has 0 fully saturated rings. The van der Waals surface area contributed by atoms with Gasteiger partial charge in [0.05, 0.1) is 5.56 Å². The fourth-order valence-electron chi connectivity index (χ4n) is 2.46. The van der Waals surface area contributed by atoms with Crippen LogP contribution >= 0.6 is 15.9 Å². The van der Waals surface area contributed by atoms with Gasteiger partial charge in [-0.3, -0.25) is 4.79 Å². The SMILES string of the molecule is O=C(COC(=O)c1ccccc1-c1ccccc1)c1ccc(Br)cc1. The van der Waals surface area contributed by atoms with Crippen molar-refractivity contribution < 1.29 is 14.3 Å². The summed E-state index contributed by atoms with van der Waals surface area (Å²) < 4.78 is 6.12. The molecule has 3 rings (SSSR count). The number of Topliss-reactive ketones (excluding diaryl/α,β-unsaturated/α-hetero) is 1. The zero-order chi connectivity index (χ0) is 17.6. The normalized spacial score (nSPS) is 10.3. The minimum absolute atomic E-state index is 0.238. The average Bonchev–Trinajstić information content (AvgIpc) is 2.67. The molecular weight excluding hydrogens is 380 g/mol. The molecule has 25 heavy (non-hydrogen) atoms. The van der Waals surface area contributed by atoms with E-state index in [-0.39, 0.29) is 12.4 Å². The molecular formula is C21H15BrO3. The van der Waals surface area contributed by atoms with Crippen molar-refractivity contribution in [1.29, 1.82) is 0 Å². The van der Waals surface area contributed by atoms with Crippen LogP contribution in [0.3, 0.4) is 0 Å². The van der Waals surface area contributed by atoms with Crippen LogP contribution in [0.1, 0.15) is 20.7 Å². The largest absolute Gasteiger partial charge is 0.454 e. The van der Waals surface area contributed by atoms with Crippen LogP contribution in [0.5, 0.6) is 0 Å². The number of carbonyl (C=O) groups excluding carboxylic acids is 2. The van der Waals surface area contributed by atoms with Crippen molar-refractivity contribution in [1.82, 2.24) is 0 Å². The fraction of sp³-hybridized carbons (Fsp3) is 0.0476. The minimum Gasteiger partial charge on any atom is -0.454 e. The molecule has 0 aliphatic heterocycles. The molecule has 0 radical (unpaired) electrons. The summed E-state index contributed by atoms with van der Waals surface area (Å²) in [5.74, 6) is -0.747.